The molecule has 3 heteroatoms. The Kier molecular flexibility index (Phi) is 124. The molecule has 0 spiro atoms. The quantitative estimate of drug-likeness (QED) is 0.496. The van der Waals surface area contributed by atoms with Crippen LogP contribution in [0.4, 0.5) is 0 Å². The molecule has 0 atom stereocenters. The molecule has 26 valence electrons. The molecule has 0 fully saturated rings. The summed E-state index contributed by atoms with van der Waals surface area (Å²) in [4.78, 5) is 0. The summed E-state index contributed by atoms with van der Waals surface area (Å²) in [5.74, 6) is 0. The van der Waals surface area contributed by atoms with E-state index in [4.69, 9.17) is 0 Å². The fraction of sp³-hybridized carbons (Fsp3) is 1.00. The van der Waals surface area contributed by atoms with Crippen LogP contribution in [0.2, 0.25) is 0 Å². The summed E-state index contributed by atoms with van der Waals surface area (Å²) in [5, 5.41) is 0. The van der Waals surface area contributed by atoms with Crippen molar-refractivity contribution in [1.29, 1.82) is 0 Å². The van der Waals surface area contributed by atoms with E-state index in [-0.39, 0.29) is 26.9 Å². The number of hydrogen-bond acceptors (Lipinski definition) is 1. The average Bonchev–Trinajstić information content (AvgIpc) is 1.00. The molecular formula is CH4NiSZn. The summed E-state index contributed by atoms with van der Waals surface area (Å²) in [6.45, 7) is 0. The molecule has 0 aromatic rings. The van der Waals surface area contributed by atoms with Gasteiger partial charge in [-0.25, -0.2) is 0 Å². The Bertz CT molecular complexity index is 8.00. The van der Waals surface area contributed by atoms with Gasteiger partial charge < -0.3 is 0 Å². The van der Waals surface area contributed by atoms with Gasteiger partial charge in [-0.15, -0.1) is 0 Å². The zero-order valence-corrected chi connectivity index (χ0v) is 6.20. The van der Waals surface area contributed by atoms with Crippen molar-refractivity contribution in [3.8, 4) is 0 Å². The third-order valence-corrected chi connectivity index (χ3v) is 0. The van der Waals surface area contributed by atoms with Crippen molar-refractivity contribution in [2.45, 2.75) is 7.43 Å². The Hall–Kier alpha value is 1.34. The zero-order chi connectivity index (χ0) is 2.00. The average molecular weight is 172 g/mol. The van der Waals surface area contributed by atoms with Crippen LogP contribution in [-0.4, -0.2) is 0 Å². The van der Waals surface area contributed by atoms with E-state index in [1.54, 1.807) is 0 Å². The minimum Gasteiger partial charge on any atom is 0 e. The molecular weight excluding hydrogens is 168 g/mol. The van der Waals surface area contributed by atoms with Crippen molar-refractivity contribution >= 4 is 10.7 Å². The van der Waals surface area contributed by atoms with Gasteiger partial charge in [0.05, 0.1) is 0 Å². The predicted octanol–water partition coefficient (Wildman–Crippen LogP) is 1.28. The number of rotatable bonds is 0. The minimum atomic E-state index is 0. The Morgan fingerprint density at radius 3 is 1.25 bits per heavy atom. The first-order valence-corrected chi connectivity index (χ1v) is 1.60. The van der Waals surface area contributed by atoms with Crippen molar-refractivity contribution in [1.82, 2.24) is 0 Å². The van der Waals surface area contributed by atoms with Crippen molar-refractivity contribution in [3.63, 3.8) is 0 Å². The van der Waals surface area contributed by atoms with Crippen LogP contribution in [0, 0.1) is 0 Å². The summed E-state index contributed by atoms with van der Waals surface area (Å²) in [5.41, 5.74) is 0. The zero-order valence-electron chi connectivity index (χ0n) is 1.43. The summed E-state index contributed by atoms with van der Waals surface area (Å²) in [6.07, 6.45) is 0. The van der Waals surface area contributed by atoms with Gasteiger partial charge >= 0.3 is 24.5 Å². The molecule has 0 aliphatic rings. The van der Waals surface area contributed by atoms with Crippen LogP contribution in [0.25, 0.3) is 0 Å². The van der Waals surface area contributed by atoms with Gasteiger partial charge in [-0.1, -0.05) is 7.43 Å². The van der Waals surface area contributed by atoms with Gasteiger partial charge in [0.15, 0.2) is 0 Å². The van der Waals surface area contributed by atoms with Crippen LogP contribution in [0.15, 0.2) is 0 Å². The van der Waals surface area contributed by atoms with Crippen LogP contribution in [-0.2, 0) is 33.3 Å². The Morgan fingerprint density at radius 2 is 1.25 bits per heavy atom. The second-order valence-corrected chi connectivity index (χ2v) is 0. The molecule has 0 heterocycles. The standard InChI is InChI=1S/CH4.Ni.S.Zn/h1H4;;;. The van der Waals surface area contributed by atoms with Gasteiger partial charge in [0.25, 0.3) is 0 Å². The van der Waals surface area contributed by atoms with E-state index in [1.807, 2.05) is 0 Å². The second kappa shape index (κ2) is 27.0. The third kappa shape index (κ3) is 10.2. The molecule has 0 nitrogen and oxygen atoms in total. The van der Waals surface area contributed by atoms with Gasteiger partial charge in [-0.3, -0.25) is 0 Å². The SMILES string of the molecule is C.[S]=[Ni].[Zn]. The van der Waals surface area contributed by atoms with Gasteiger partial charge in [0, 0.05) is 19.5 Å². The molecule has 0 aliphatic carbocycles. The smallest absolute Gasteiger partial charge is 0 e. The van der Waals surface area contributed by atoms with Crippen molar-refractivity contribution < 1.29 is 33.3 Å². The molecule has 0 rings (SSSR count). The maximum absolute atomic E-state index is 3.71. The Labute approximate surface area is 51.4 Å². The summed E-state index contributed by atoms with van der Waals surface area (Å²) >= 11 is 3.46. The van der Waals surface area contributed by atoms with E-state index in [0.29, 0.717) is 0 Å². The minimum absolute atomic E-state index is 0. The first-order valence-electron chi connectivity index (χ1n) is 0.129. The normalized spacial score (nSPS) is 1.50. The van der Waals surface area contributed by atoms with E-state index in [2.05, 4.69) is 24.5 Å². The molecule has 0 N–H and O–H groups in total. The van der Waals surface area contributed by atoms with E-state index < -0.39 is 0 Å². The Balaban J connectivity index is -0.00000000500. The van der Waals surface area contributed by atoms with Gasteiger partial charge in [0.2, 0.25) is 0 Å². The molecule has 0 aromatic carbocycles. The molecule has 0 saturated heterocycles. The van der Waals surface area contributed by atoms with E-state index in [1.165, 1.54) is 0 Å². The second-order valence-electron chi connectivity index (χ2n) is 0. The van der Waals surface area contributed by atoms with Gasteiger partial charge in [-0.2, -0.15) is 0 Å². The van der Waals surface area contributed by atoms with Crippen molar-refractivity contribution in [2.75, 3.05) is 0 Å². The first kappa shape index (κ1) is 18.4. The molecule has 0 saturated carbocycles. The molecule has 4 heavy (non-hydrogen) atoms. The van der Waals surface area contributed by atoms with E-state index in [9.17, 15) is 0 Å². The van der Waals surface area contributed by atoms with Crippen LogP contribution < -0.4 is 0 Å². The van der Waals surface area contributed by atoms with Crippen LogP contribution in [0.5, 0.6) is 0 Å². The molecule has 0 aromatic heterocycles. The van der Waals surface area contributed by atoms with Crippen LogP contribution in [0.1, 0.15) is 7.43 Å². The van der Waals surface area contributed by atoms with Crippen LogP contribution in [0.3, 0.4) is 0 Å². The molecule has 0 radical (unpaired) electrons. The summed E-state index contributed by atoms with van der Waals surface area (Å²) in [7, 11) is 3.71. The fourth-order valence-electron chi connectivity index (χ4n) is 0. The van der Waals surface area contributed by atoms with Gasteiger partial charge in [-0.05, 0) is 0 Å². The monoisotopic (exact) mass is 170 g/mol. The van der Waals surface area contributed by atoms with E-state index in [0.717, 1.165) is 0 Å². The van der Waals surface area contributed by atoms with Gasteiger partial charge in [0.1, 0.15) is 0 Å². The largest absolute Gasteiger partial charge is 0 e. The maximum atomic E-state index is 3.71. The molecule has 0 bridgehead atoms. The molecule has 0 unspecified atom stereocenters. The summed E-state index contributed by atoms with van der Waals surface area (Å²) < 4.78 is 0. The fourth-order valence-corrected chi connectivity index (χ4v) is 0. The summed E-state index contributed by atoms with van der Waals surface area (Å²) in [6, 6.07) is 0. The topological polar surface area (TPSA) is 0 Å². The Morgan fingerprint density at radius 1 is 1.25 bits per heavy atom. The van der Waals surface area contributed by atoms with E-state index >= 15 is 0 Å². The third-order valence-electron chi connectivity index (χ3n) is 0. The van der Waals surface area contributed by atoms with Crippen molar-refractivity contribution in [2.24, 2.45) is 0 Å². The molecule has 0 aliphatic heterocycles. The predicted molar refractivity (Wildman–Crippen MR) is 14.3 cm³/mol. The van der Waals surface area contributed by atoms with Crippen molar-refractivity contribution in [3.05, 3.63) is 0 Å². The molecule has 0 amide bonds. The van der Waals surface area contributed by atoms with Crippen LogP contribution >= 0.6 is 10.7 Å². The number of hydrogen-bond donors (Lipinski definition) is 0. The maximum Gasteiger partial charge on any atom is 0 e. The first-order chi connectivity index (χ1) is 1.00.